The van der Waals surface area contributed by atoms with Crippen LogP contribution in [0.2, 0.25) is 0 Å². The Balaban J connectivity index is 1.43. The Morgan fingerprint density at radius 3 is 2.62 bits per heavy atom. The fraction of sp³-hybridized carbons (Fsp3) is 0.150. The first-order valence-electron chi connectivity index (χ1n) is 8.48. The van der Waals surface area contributed by atoms with Gasteiger partial charge in [0.2, 0.25) is 5.91 Å². The number of nitrogens with zero attached hydrogens (tertiary/aromatic N) is 3. The van der Waals surface area contributed by atoms with E-state index in [0.29, 0.717) is 17.8 Å². The van der Waals surface area contributed by atoms with Crippen molar-refractivity contribution in [1.82, 2.24) is 9.78 Å². The van der Waals surface area contributed by atoms with Crippen LogP contribution in [0.3, 0.4) is 0 Å². The molecule has 1 aliphatic rings. The number of benzene rings is 2. The average molecular weight is 346 g/mol. The number of nitrogens with one attached hydrogen (secondary N) is 1. The van der Waals surface area contributed by atoms with E-state index >= 15 is 0 Å². The first-order valence-corrected chi connectivity index (χ1v) is 8.48. The van der Waals surface area contributed by atoms with Crippen LogP contribution in [0.5, 0.6) is 0 Å². The summed E-state index contributed by atoms with van der Waals surface area (Å²) in [6.45, 7) is 0.846. The second kappa shape index (κ2) is 6.84. The highest BCUT2D eigenvalue weighted by molar-refractivity contribution is 6.07. The van der Waals surface area contributed by atoms with Gasteiger partial charge in [-0.05, 0) is 48.4 Å². The minimum absolute atomic E-state index is 0.0237. The molecule has 26 heavy (non-hydrogen) atoms. The number of hydrogen-bond donors (Lipinski definition) is 1. The van der Waals surface area contributed by atoms with E-state index in [0.717, 1.165) is 12.1 Å². The number of para-hydroxylation sites is 1. The molecule has 2 amide bonds. The summed E-state index contributed by atoms with van der Waals surface area (Å²) < 4.78 is 1.55. The molecular formula is C20H18N4O2. The Kier molecular flexibility index (Phi) is 4.23. The lowest BCUT2D eigenvalue weighted by Gasteiger charge is -2.17. The lowest BCUT2D eigenvalue weighted by Crippen LogP contribution is -2.28. The van der Waals surface area contributed by atoms with Crippen molar-refractivity contribution in [3.63, 3.8) is 0 Å². The normalized spacial score (nSPS) is 12.7. The van der Waals surface area contributed by atoms with Crippen molar-refractivity contribution in [1.29, 1.82) is 0 Å². The summed E-state index contributed by atoms with van der Waals surface area (Å²) in [5, 5.41) is 6.81. The van der Waals surface area contributed by atoms with Gasteiger partial charge >= 0.3 is 0 Å². The summed E-state index contributed by atoms with van der Waals surface area (Å²) in [5.74, 6) is -0.189. The predicted octanol–water partition coefficient (Wildman–Crippen LogP) is 2.72. The zero-order valence-corrected chi connectivity index (χ0v) is 14.1. The minimum atomic E-state index is -0.166. The SMILES string of the molecule is O=C(Cn1cccn1)Nc1ccc(C(=O)N2CCc3ccccc32)cc1. The molecule has 130 valence electrons. The second-order valence-electron chi connectivity index (χ2n) is 6.16. The van der Waals surface area contributed by atoms with Crippen molar-refractivity contribution >= 4 is 23.2 Å². The Hall–Kier alpha value is -3.41. The first-order chi connectivity index (χ1) is 12.7. The molecule has 0 radical (unpaired) electrons. The van der Waals surface area contributed by atoms with Crippen molar-refractivity contribution in [3.8, 4) is 0 Å². The summed E-state index contributed by atoms with van der Waals surface area (Å²) in [7, 11) is 0. The highest BCUT2D eigenvalue weighted by atomic mass is 16.2. The lowest BCUT2D eigenvalue weighted by atomic mass is 10.1. The third-order valence-corrected chi connectivity index (χ3v) is 4.41. The van der Waals surface area contributed by atoms with E-state index in [1.54, 1.807) is 52.3 Å². The molecule has 2 aromatic carbocycles. The highest BCUT2D eigenvalue weighted by Gasteiger charge is 2.24. The van der Waals surface area contributed by atoms with Gasteiger partial charge < -0.3 is 10.2 Å². The van der Waals surface area contributed by atoms with E-state index in [-0.39, 0.29) is 18.4 Å². The monoisotopic (exact) mass is 346 g/mol. The average Bonchev–Trinajstić information content (AvgIpc) is 3.31. The van der Waals surface area contributed by atoms with Gasteiger partial charge in [0.05, 0.1) is 0 Å². The van der Waals surface area contributed by atoms with Crippen LogP contribution in [0, 0.1) is 0 Å². The topological polar surface area (TPSA) is 67.2 Å². The third kappa shape index (κ3) is 3.21. The Bertz CT molecular complexity index is 933. The zero-order chi connectivity index (χ0) is 17.9. The van der Waals surface area contributed by atoms with Crippen LogP contribution in [0.4, 0.5) is 11.4 Å². The number of carbonyl (C=O) groups is 2. The molecule has 1 N–H and O–H groups in total. The second-order valence-corrected chi connectivity index (χ2v) is 6.16. The van der Waals surface area contributed by atoms with E-state index in [2.05, 4.69) is 16.5 Å². The van der Waals surface area contributed by atoms with Gasteiger partial charge in [-0.2, -0.15) is 5.10 Å². The molecule has 2 heterocycles. The molecule has 1 aliphatic heterocycles. The first kappa shape index (κ1) is 16.1. The lowest BCUT2D eigenvalue weighted by molar-refractivity contribution is -0.116. The molecule has 6 nitrogen and oxygen atoms in total. The smallest absolute Gasteiger partial charge is 0.258 e. The van der Waals surface area contributed by atoms with E-state index in [1.165, 1.54) is 5.56 Å². The Morgan fingerprint density at radius 1 is 1.04 bits per heavy atom. The van der Waals surface area contributed by atoms with Gasteiger partial charge in [-0.1, -0.05) is 18.2 Å². The molecular weight excluding hydrogens is 328 g/mol. The largest absolute Gasteiger partial charge is 0.324 e. The van der Waals surface area contributed by atoms with Gasteiger partial charge in [-0.25, -0.2) is 0 Å². The fourth-order valence-electron chi connectivity index (χ4n) is 3.14. The molecule has 0 bridgehead atoms. The van der Waals surface area contributed by atoms with Crippen molar-refractivity contribution in [2.24, 2.45) is 0 Å². The molecule has 1 aromatic heterocycles. The van der Waals surface area contributed by atoms with Gasteiger partial charge in [0.1, 0.15) is 6.54 Å². The van der Waals surface area contributed by atoms with E-state index in [1.807, 2.05) is 18.2 Å². The summed E-state index contributed by atoms with van der Waals surface area (Å²) in [6.07, 6.45) is 4.24. The molecule has 0 fully saturated rings. The van der Waals surface area contributed by atoms with Crippen LogP contribution in [-0.4, -0.2) is 28.1 Å². The minimum Gasteiger partial charge on any atom is -0.324 e. The Morgan fingerprint density at radius 2 is 1.85 bits per heavy atom. The third-order valence-electron chi connectivity index (χ3n) is 4.41. The number of aromatic nitrogens is 2. The van der Waals surface area contributed by atoms with Crippen molar-refractivity contribution in [2.75, 3.05) is 16.8 Å². The van der Waals surface area contributed by atoms with Gasteiger partial charge in [0.15, 0.2) is 0 Å². The number of carbonyl (C=O) groups excluding carboxylic acids is 2. The maximum absolute atomic E-state index is 12.8. The van der Waals surface area contributed by atoms with Crippen LogP contribution in [-0.2, 0) is 17.8 Å². The number of anilines is 2. The van der Waals surface area contributed by atoms with E-state index in [9.17, 15) is 9.59 Å². The van der Waals surface area contributed by atoms with Gasteiger partial charge in [-0.15, -0.1) is 0 Å². The van der Waals surface area contributed by atoms with Crippen LogP contribution in [0.25, 0.3) is 0 Å². The van der Waals surface area contributed by atoms with Crippen molar-refractivity contribution < 1.29 is 9.59 Å². The maximum Gasteiger partial charge on any atom is 0.258 e. The van der Waals surface area contributed by atoms with E-state index in [4.69, 9.17) is 0 Å². The molecule has 0 aliphatic carbocycles. The van der Waals surface area contributed by atoms with Crippen LogP contribution in [0.1, 0.15) is 15.9 Å². The molecule has 0 saturated carbocycles. The summed E-state index contributed by atoms with van der Waals surface area (Å²) >= 11 is 0. The fourth-order valence-corrected chi connectivity index (χ4v) is 3.14. The standard InChI is InChI=1S/C20H18N4O2/c25-19(14-23-12-3-11-21-23)22-17-8-6-16(7-9-17)20(26)24-13-10-15-4-1-2-5-18(15)24/h1-9,11-12H,10,13-14H2,(H,22,25). The van der Waals surface area contributed by atoms with Gasteiger partial charge in [-0.3, -0.25) is 14.3 Å². The number of fused-ring (bicyclic) bond motifs is 1. The summed E-state index contributed by atoms with van der Waals surface area (Å²) in [6, 6.07) is 16.7. The number of amides is 2. The molecule has 0 spiro atoms. The molecule has 0 saturated heterocycles. The molecule has 3 aromatic rings. The quantitative estimate of drug-likeness (QED) is 0.790. The maximum atomic E-state index is 12.8. The van der Waals surface area contributed by atoms with Gasteiger partial charge in [0.25, 0.3) is 5.91 Å². The van der Waals surface area contributed by atoms with Crippen LogP contribution >= 0.6 is 0 Å². The summed E-state index contributed by atoms with van der Waals surface area (Å²) in [5.41, 5.74) is 3.43. The van der Waals surface area contributed by atoms with Crippen LogP contribution in [0.15, 0.2) is 67.0 Å². The predicted molar refractivity (Wildman–Crippen MR) is 99.1 cm³/mol. The Labute approximate surface area is 151 Å². The summed E-state index contributed by atoms with van der Waals surface area (Å²) in [4.78, 5) is 26.6. The molecule has 0 atom stereocenters. The number of hydrogen-bond acceptors (Lipinski definition) is 3. The van der Waals surface area contributed by atoms with Crippen LogP contribution < -0.4 is 10.2 Å². The van der Waals surface area contributed by atoms with Gasteiger partial charge in [0, 0.05) is 35.9 Å². The zero-order valence-electron chi connectivity index (χ0n) is 14.1. The molecule has 4 rings (SSSR count). The van der Waals surface area contributed by atoms with Crippen molar-refractivity contribution in [3.05, 3.63) is 78.1 Å². The van der Waals surface area contributed by atoms with E-state index < -0.39 is 0 Å². The molecule has 0 unspecified atom stereocenters. The number of rotatable bonds is 4. The molecule has 6 heteroatoms. The van der Waals surface area contributed by atoms with Crippen molar-refractivity contribution in [2.45, 2.75) is 13.0 Å². The highest BCUT2D eigenvalue weighted by Crippen LogP contribution is 2.29.